The second-order valence-electron chi connectivity index (χ2n) is 12.8. The van der Waals surface area contributed by atoms with Gasteiger partial charge in [-0.25, -0.2) is 9.59 Å². The fourth-order valence-corrected chi connectivity index (χ4v) is 5.24. The van der Waals surface area contributed by atoms with Crippen molar-refractivity contribution in [2.45, 2.75) is 161 Å². The predicted molar refractivity (Wildman–Crippen MR) is 178 cm³/mol. The number of rotatable bonds is 30. The molecule has 7 N–H and O–H groups in total. The first-order valence-electron chi connectivity index (χ1n) is 17.5. The van der Waals surface area contributed by atoms with Gasteiger partial charge in [0.2, 0.25) is 17.7 Å². The second-order valence-corrected chi connectivity index (χ2v) is 12.8. The van der Waals surface area contributed by atoms with Gasteiger partial charge in [0.25, 0.3) is 0 Å². The first-order chi connectivity index (χ1) is 22.7. The monoisotopic (exact) mass is 685 g/mol. The third-order valence-corrected chi connectivity index (χ3v) is 8.32. The summed E-state index contributed by atoms with van der Waals surface area (Å²) < 4.78 is 0. The molecule has 48 heavy (non-hydrogen) atoms. The molecule has 0 aromatic carbocycles. The van der Waals surface area contributed by atoms with Gasteiger partial charge in [-0.2, -0.15) is 0 Å². The van der Waals surface area contributed by atoms with E-state index in [0.29, 0.717) is 6.42 Å². The van der Waals surface area contributed by atoms with E-state index in [2.05, 4.69) is 22.9 Å². The van der Waals surface area contributed by atoms with Gasteiger partial charge in [-0.15, -0.1) is 0 Å². The topological polar surface area (TPSA) is 236 Å². The highest BCUT2D eigenvalue weighted by Crippen LogP contribution is 2.15. The summed E-state index contributed by atoms with van der Waals surface area (Å²) in [6.07, 6.45) is 13.6. The van der Waals surface area contributed by atoms with Gasteiger partial charge in [0.05, 0.1) is 5.92 Å². The van der Waals surface area contributed by atoms with E-state index >= 15 is 0 Å². The number of aliphatic carboxylic acids is 4. The van der Waals surface area contributed by atoms with Crippen molar-refractivity contribution in [3.8, 4) is 0 Å². The van der Waals surface area contributed by atoms with Crippen LogP contribution in [0.2, 0.25) is 0 Å². The van der Waals surface area contributed by atoms with Crippen molar-refractivity contribution < 1.29 is 54.0 Å². The molecule has 3 amide bonds. The lowest BCUT2D eigenvalue weighted by Gasteiger charge is -2.25. The van der Waals surface area contributed by atoms with Crippen LogP contribution in [0.15, 0.2) is 0 Å². The average molecular weight is 686 g/mol. The minimum Gasteiger partial charge on any atom is -0.481 e. The lowest BCUT2D eigenvalue weighted by molar-refractivity contribution is -0.146. The van der Waals surface area contributed by atoms with Crippen LogP contribution in [0.1, 0.15) is 143 Å². The third-order valence-electron chi connectivity index (χ3n) is 8.32. The van der Waals surface area contributed by atoms with Crippen molar-refractivity contribution in [2.24, 2.45) is 11.8 Å². The molecule has 0 saturated heterocycles. The predicted octanol–water partition coefficient (Wildman–Crippen LogP) is 4.48. The Morgan fingerprint density at radius 3 is 1.40 bits per heavy atom. The summed E-state index contributed by atoms with van der Waals surface area (Å²) in [5.74, 6) is -9.42. The third kappa shape index (κ3) is 22.0. The zero-order valence-corrected chi connectivity index (χ0v) is 29.0. The lowest BCUT2D eigenvalue weighted by Crippen LogP contribution is -2.53. The number of carbonyl (C=O) groups excluding carboxylic acids is 3. The zero-order valence-electron chi connectivity index (χ0n) is 29.0. The van der Waals surface area contributed by atoms with E-state index in [1.807, 2.05) is 0 Å². The van der Waals surface area contributed by atoms with Crippen LogP contribution in [-0.2, 0) is 33.6 Å². The van der Waals surface area contributed by atoms with Crippen molar-refractivity contribution >= 4 is 41.6 Å². The number of amides is 3. The Kier molecular flexibility index (Phi) is 24.2. The van der Waals surface area contributed by atoms with Crippen LogP contribution in [0.3, 0.4) is 0 Å². The first-order valence-corrected chi connectivity index (χ1v) is 17.5. The Bertz CT molecular complexity index is 1020. The van der Waals surface area contributed by atoms with Crippen LogP contribution in [0, 0.1) is 11.8 Å². The molecule has 0 aliphatic rings. The van der Waals surface area contributed by atoms with Crippen molar-refractivity contribution in [3.05, 3.63) is 0 Å². The summed E-state index contributed by atoms with van der Waals surface area (Å²) in [7, 11) is 0. The number of nitrogens with one attached hydrogen (secondary N) is 3. The van der Waals surface area contributed by atoms with Crippen LogP contribution in [0.25, 0.3) is 0 Å². The Balaban J connectivity index is 5.16. The van der Waals surface area contributed by atoms with Gasteiger partial charge in [0.1, 0.15) is 18.1 Å². The molecule has 0 saturated carbocycles. The molecule has 0 fully saturated rings. The van der Waals surface area contributed by atoms with Gasteiger partial charge in [-0.05, 0) is 32.1 Å². The molecule has 0 rings (SSSR count). The molecule has 0 aliphatic carbocycles. The maximum atomic E-state index is 13.2. The number of hydrogen-bond acceptors (Lipinski definition) is 7. The minimum absolute atomic E-state index is 0.0210. The molecule has 14 nitrogen and oxygen atoms in total. The Hall–Kier alpha value is -3.71. The normalized spacial score (nSPS) is 14.1. The van der Waals surface area contributed by atoms with Gasteiger partial charge in [0.15, 0.2) is 0 Å². The van der Waals surface area contributed by atoms with Crippen LogP contribution in [0.5, 0.6) is 0 Å². The number of carboxylic acid groups (broad SMARTS) is 4. The summed E-state index contributed by atoms with van der Waals surface area (Å²) in [4.78, 5) is 84.3. The van der Waals surface area contributed by atoms with Crippen LogP contribution < -0.4 is 16.0 Å². The highest BCUT2D eigenvalue weighted by Gasteiger charge is 2.32. The standard InChI is InChI=1S/C34H59N3O11/c1-4-5-6-7-8-9-10-11-12-13-14-15-16-19-28(38)35-26(31(42)36-25(33(45)46)18-17-20-29(39)40)21-23(2)30(41)37-27(34(47)48)22-24(3)32(43)44/h23-27H,4-22H2,1-3H3,(H,35,38)(H,36,42)(H,37,41)(H,39,40)(H,43,44)(H,45,46)(H,47,48). The number of carboxylic acids is 4. The summed E-state index contributed by atoms with van der Waals surface area (Å²) in [6.45, 7) is 4.91. The fourth-order valence-electron chi connectivity index (χ4n) is 5.24. The highest BCUT2D eigenvalue weighted by atomic mass is 16.4. The van der Waals surface area contributed by atoms with E-state index in [1.165, 1.54) is 65.2 Å². The SMILES string of the molecule is CCCCCCCCCCCCCCCC(=O)NC(CC(C)C(=O)NC(CC(C)C(=O)O)C(=O)O)C(=O)NC(CCCC(=O)O)C(=O)O. The summed E-state index contributed by atoms with van der Waals surface area (Å²) >= 11 is 0. The maximum absolute atomic E-state index is 13.2. The van der Waals surface area contributed by atoms with Crippen molar-refractivity contribution in [1.29, 1.82) is 0 Å². The molecule has 0 radical (unpaired) electrons. The summed E-state index contributed by atoms with van der Waals surface area (Å²) in [5, 5.41) is 44.2. The molecular formula is C34H59N3O11. The Morgan fingerprint density at radius 2 is 0.938 bits per heavy atom. The number of carbonyl (C=O) groups is 7. The molecule has 5 atom stereocenters. The van der Waals surface area contributed by atoms with Crippen molar-refractivity contribution in [1.82, 2.24) is 16.0 Å². The van der Waals surface area contributed by atoms with E-state index in [9.17, 15) is 43.8 Å². The smallest absolute Gasteiger partial charge is 0.326 e. The van der Waals surface area contributed by atoms with E-state index in [-0.39, 0.29) is 38.5 Å². The van der Waals surface area contributed by atoms with Gasteiger partial charge in [-0.1, -0.05) is 97.8 Å². The van der Waals surface area contributed by atoms with E-state index < -0.39 is 71.6 Å². The number of hydrogen-bond donors (Lipinski definition) is 7. The molecule has 5 unspecified atom stereocenters. The Morgan fingerprint density at radius 1 is 0.479 bits per heavy atom. The number of unbranched alkanes of at least 4 members (excludes halogenated alkanes) is 12. The molecular weight excluding hydrogens is 626 g/mol. The highest BCUT2D eigenvalue weighted by molar-refractivity contribution is 5.91. The first kappa shape index (κ1) is 44.3. The van der Waals surface area contributed by atoms with E-state index in [1.54, 1.807) is 0 Å². The van der Waals surface area contributed by atoms with E-state index in [4.69, 9.17) is 10.2 Å². The summed E-state index contributed by atoms with van der Waals surface area (Å²) in [6, 6.07) is -4.28. The minimum atomic E-state index is -1.51. The molecule has 0 aromatic rings. The average Bonchev–Trinajstić information content (AvgIpc) is 3.01. The van der Waals surface area contributed by atoms with Gasteiger partial charge in [-0.3, -0.25) is 24.0 Å². The van der Waals surface area contributed by atoms with Gasteiger partial charge < -0.3 is 36.4 Å². The van der Waals surface area contributed by atoms with Crippen LogP contribution >= 0.6 is 0 Å². The summed E-state index contributed by atoms with van der Waals surface area (Å²) in [5.41, 5.74) is 0. The van der Waals surface area contributed by atoms with Gasteiger partial charge >= 0.3 is 23.9 Å². The molecule has 0 spiro atoms. The maximum Gasteiger partial charge on any atom is 0.326 e. The van der Waals surface area contributed by atoms with Crippen LogP contribution in [0.4, 0.5) is 0 Å². The van der Waals surface area contributed by atoms with Crippen molar-refractivity contribution in [2.75, 3.05) is 0 Å². The zero-order chi connectivity index (χ0) is 36.5. The van der Waals surface area contributed by atoms with E-state index in [0.717, 1.165) is 25.7 Å². The molecule has 0 aromatic heterocycles. The molecule has 14 heteroatoms. The fraction of sp³-hybridized carbons (Fsp3) is 0.794. The molecule has 276 valence electrons. The molecule has 0 aliphatic heterocycles. The van der Waals surface area contributed by atoms with Crippen molar-refractivity contribution in [3.63, 3.8) is 0 Å². The van der Waals surface area contributed by atoms with Crippen LogP contribution in [-0.4, -0.2) is 80.2 Å². The second kappa shape index (κ2) is 26.3. The van der Waals surface area contributed by atoms with Gasteiger partial charge in [0, 0.05) is 18.8 Å². The molecule has 0 bridgehead atoms. The largest absolute Gasteiger partial charge is 0.481 e. The Labute approximate surface area is 284 Å². The lowest BCUT2D eigenvalue weighted by atomic mass is 9.97. The quantitative estimate of drug-likeness (QED) is 0.0520. The molecule has 0 heterocycles.